The van der Waals surface area contributed by atoms with E-state index in [2.05, 4.69) is 28.2 Å². The lowest BCUT2D eigenvalue weighted by atomic mass is 10.2. The molecule has 0 fully saturated rings. The zero-order valence-corrected chi connectivity index (χ0v) is 14.4. The number of hydrogen-bond donors (Lipinski definition) is 1. The van der Waals surface area contributed by atoms with Crippen LogP contribution in [-0.2, 0) is 0 Å². The molecule has 0 bridgehead atoms. The number of benzene rings is 2. The van der Waals surface area contributed by atoms with Gasteiger partial charge in [0, 0.05) is 15.7 Å². The summed E-state index contributed by atoms with van der Waals surface area (Å²) < 4.78 is 6.62. The molecule has 0 saturated heterocycles. The molecule has 116 valence electrons. The molecule has 2 aromatic carbocycles. The standard InChI is InChI=1S/C18H20BrNO2/c1-3-4-11-22-16-8-5-14(6-9-16)18(21)20-15-7-10-17(19)13(2)12-15/h5-10,12H,3-4,11H2,1-2H3,(H,20,21). The number of carbonyl (C=O) groups is 1. The van der Waals surface area contributed by atoms with Gasteiger partial charge in [0.25, 0.3) is 5.91 Å². The number of halogens is 1. The average molecular weight is 362 g/mol. The molecule has 0 aliphatic carbocycles. The molecule has 0 saturated carbocycles. The third-order valence-corrected chi connectivity index (χ3v) is 4.19. The Morgan fingerprint density at radius 2 is 1.91 bits per heavy atom. The lowest BCUT2D eigenvalue weighted by Gasteiger charge is -2.08. The van der Waals surface area contributed by atoms with Crippen molar-refractivity contribution in [3.63, 3.8) is 0 Å². The Morgan fingerprint density at radius 3 is 2.55 bits per heavy atom. The summed E-state index contributed by atoms with van der Waals surface area (Å²) in [4.78, 5) is 12.2. The highest BCUT2D eigenvalue weighted by molar-refractivity contribution is 9.10. The van der Waals surface area contributed by atoms with Crippen molar-refractivity contribution < 1.29 is 9.53 Å². The molecule has 0 aliphatic rings. The van der Waals surface area contributed by atoms with Gasteiger partial charge in [0.05, 0.1) is 6.61 Å². The summed E-state index contributed by atoms with van der Waals surface area (Å²) in [6.07, 6.45) is 2.14. The number of carbonyl (C=O) groups excluding carboxylic acids is 1. The first-order chi connectivity index (χ1) is 10.6. The smallest absolute Gasteiger partial charge is 0.255 e. The Labute approximate surface area is 139 Å². The maximum atomic E-state index is 12.2. The fourth-order valence-corrected chi connectivity index (χ4v) is 2.21. The van der Waals surface area contributed by atoms with Gasteiger partial charge in [0.1, 0.15) is 5.75 Å². The molecule has 0 radical (unpaired) electrons. The summed E-state index contributed by atoms with van der Waals surface area (Å²) in [5, 5.41) is 2.90. The Balaban J connectivity index is 1.98. The van der Waals surface area contributed by atoms with Crippen molar-refractivity contribution in [2.75, 3.05) is 11.9 Å². The van der Waals surface area contributed by atoms with Gasteiger partial charge in [-0.2, -0.15) is 0 Å². The van der Waals surface area contributed by atoms with Gasteiger partial charge in [-0.05, 0) is 61.4 Å². The van der Waals surface area contributed by atoms with Gasteiger partial charge in [-0.25, -0.2) is 0 Å². The monoisotopic (exact) mass is 361 g/mol. The fourth-order valence-electron chi connectivity index (χ4n) is 1.96. The maximum absolute atomic E-state index is 12.2. The number of nitrogens with one attached hydrogen (secondary N) is 1. The van der Waals surface area contributed by atoms with Crippen LogP contribution in [0.1, 0.15) is 35.7 Å². The highest BCUT2D eigenvalue weighted by Crippen LogP contribution is 2.21. The van der Waals surface area contributed by atoms with Crippen LogP contribution in [0.25, 0.3) is 0 Å². The highest BCUT2D eigenvalue weighted by atomic mass is 79.9. The van der Waals surface area contributed by atoms with E-state index in [1.54, 1.807) is 12.1 Å². The maximum Gasteiger partial charge on any atom is 0.255 e. The van der Waals surface area contributed by atoms with Gasteiger partial charge in [-0.3, -0.25) is 4.79 Å². The van der Waals surface area contributed by atoms with E-state index in [4.69, 9.17) is 4.74 Å². The van der Waals surface area contributed by atoms with Crippen LogP contribution in [0.3, 0.4) is 0 Å². The number of ether oxygens (including phenoxy) is 1. The van der Waals surface area contributed by atoms with Crippen LogP contribution in [0.5, 0.6) is 5.75 Å². The summed E-state index contributed by atoms with van der Waals surface area (Å²) in [7, 11) is 0. The Kier molecular flexibility index (Phi) is 6.01. The van der Waals surface area contributed by atoms with Gasteiger partial charge in [0.15, 0.2) is 0 Å². The Morgan fingerprint density at radius 1 is 1.18 bits per heavy atom. The second kappa shape index (κ2) is 7.99. The van der Waals surface area contributed by atoms with Crippen molar-refractivity contribution >= 4 is 27.5 Å². The van der Waals surface area contributed by atoms with Gasteiger partial charge in [0.2, 0.25) is 0 Å². The van der Waals surface area contributed by atoms with E-state index in [9.17, 15) is 4.79 Å². The Hall–Kier alpha value is -1.81. The summed E-state index contributed by atoms with van der Waals surface area (Å²) in [6.45, 7) is 4.82. The van der Waals surface area contributed by atoms with Gasteiger partial charge in [-0.1, -0.05) is 29.3 Å². The molecule has 4 heteroatoms. The second-order valence-corrected chi connectivity index (χ2v) is 6.00. The van der Waals surface area contributed by atoms with Crippen LogP contribution in [0, 0.1) is 6.92 Å². The fraction of sp³-hybridized carbons (Fsp3) is 0.278. The number of unbranched alkanes of at least 4 members (excludes halogenated alkanes) is 1. The molecule has 22 heavy (non-hydrogen) atoms. The third kappa shape index (κ3) is 4.60. The van der Waals surface area contributed by atoms with Crippen LogP contribution in [0.15, 0.2) is 46.9 Å². The van der Waals surface area contributed by atoms with Crippen LogP contribution in [-0.4, -0.2) is 12.5 Å². The minimum absolute atomic E-state index is 0.123. The van der Waals surface area contributed by atoms with E-state index in [0.29, 0.717) is 12.2 Å². The molecule has 0 heterocycles. The van der Waals surface area contributed by atoms with Crippen LogP contribution in [0.2, 0.25) is 0 Å². The molecule has 1 N–H and O–H groups in total. The molecule has 0 spiro atoms. The molecular weight excluding hydrogens is 342 g/mol. The molecule has 0 aromatic heterocycles. The molecule has 3 nitrogen and oxygen atoms in total. The predicted molar refractivity (Wildman–Crippen MR) is 93.7 cm³/mol. The first kappa shape index (κ1) is 16.6. The van der Waals surface area contributed by atoms with Crippen molar-refractivity contribution in [2.24, 2.45) is 0 Å². The van der Waals surface area contributed by atoms with Crippen molar-refractivity contribution in [3.05, 3.63) is 58.1 Å². The van der Waals surface area contributed by atoms with E-state index in [1.807, 2.05) is 37.3 Å². The van der Waals surface area contributed by atoms with E-state index in [1.165, 1.54) is 0 Å². The van der Waals surface area contributed by atoms with Crippen molar-refractivity contribution in [3.8, 4) is 5.75 Å². The van der Waals surface area contributed by atoms with Gasteiger partial charge in [-0.15, -0.1) is 0 Å². The number of anilines is 1. The van der Waals surface area contributed by atoms with E-state index >= 15 is 0 Å². The number of rotatable bonds is 6. The van der Waals surface area contributed by atoms with Crippen LogP contribution >= 0.6 is 15.9 Å². The zero-order valence-electron chi connectivity index (χ0n) is 12.9. The highest BCUT2D eigenvalue weighted by Gasteiger charge is 2.07. The molecule has 1 amide bonds. The predicted octanol–water partition coefficient (Wildman–Crippen LogP) is 5.19. The van der Waals surface area contributed by atoms with Crippen molar-refractivity contribution in [2.45, 2.75) is 26.7 Å². The summed E-state index contributed by atoms with van der Waals surface area (Å²) in [6, 6.07) is 13.0. The SMILES string of the molecule is CCCCOc1ccc(C(=O)Nc2ccc(Br)c(C)c2)cc1. The molecule has 2 rings (SSSR count). The van der Waals surface area contributed by atoms with Crippen molar-refractivity contribution in [1.82, 2.24) is 0 Å². The van der Waals surface area contributed by atoms with Crippen LogP contribution in [0.4, 0.5) is 5.69 Å². The molecule has 0 aliphatic heterocycles. The first-order valence-corrected chi connectivity index (χ1v) is 8.20. The average Bonchev–Trinajstić information content (AvgIpc) is 2.52. The number of aryl methyl sites for hydroxylation is 1. The number of amides is 1. The van der Waals surface area contributed by atoms with Crippen LogP contribution < -0.4 is 10.1 Å². The largest absolute Gasteiger partial charge is 0.494 e. The summed E-state index contributed by atoms with van der Waals surface area (Å²) >= 11 is 3.45. The number of hydrogen-bond acceptors (Lipinski definition) is 2. The summed E-state index contributed by atoms with van der Waals surface area (Å²) in [5.41, 5.74) is 2.48. The van der Waals surface area contributed by atoms with E-state index in [-0.39, 0.29) is 5.91 Å². The zero-order chi connectivity index (χ0) is 15.9. The van der Waals surface area contributed by atoms with E-state index in [0.717, 1.165) is 34.3 Å². The third-order valence-electron chi connectivity index (χ3n) is 3.30. The minimum atomic E-state index is -0.123. The lowest BCUT2D eigenvalue weighted by Crippen LogP contribution is -2.11. The summed E-state index contributed by atoms with van der Waals surface area (Å²) in [5.74, 6) is 0.673. The first-order valence-electron chi connectivity index (χ1n) is 7.40. The normalized spacial score (nSPS) is 10.3. The molecular formula is C18H20BrNO2. The lowest BCUT2D eigenvalue weighted by molar-refractivity contribution is 0.102. The van der Waals surface area contributed by atoms with Crippen molar-refractivity contribution in [1.29, 1.82) is 0 Å². The van der Waals surface area contributed by atoms with Gasteiger partial charge >= 0.3 is 0 Å². The molecule has 0 unspecified atom stereocenters. The Bertz CT molecular complexity index is 638. The second-order valence-electron chi connectivity index (χ2n) is 5.14. The minimum Gasteiger partial charge on any atom is -0.494 e. The van der Waals surface area contributed by atoms with E-state index < -0.39 is 0 Å². The quantitative estimate of drug-likeness (QED) is 0.719. The van der Waals surface area contributed by atoms with Gasteiger partial charge < -0.3 is 10.1 Å². The topological polar surface area (TPSA) is 38.3 Å². The molecule has 2 aromatic rings. The molecule has 0 atom stereocenters.